The highest BCUT2D eigenvalue weighted by molar-refractivity contribution is 5.63. The molecule has 1 heterocycles. The van der Waals surface area contributed by atoms with Crippen LogP contribution in [0.25, 0.3) is 0 Å². The summed E-state index contributed by atoms with van der Waals surface area (Å²) in [7, 11) is 0. The molecule has 0 spiro atoms. The number of hydrogen-bond acceptors (Lipinski definition) is 4. The van der Waals surface area contributed by atoms with Gasteiger partial charge in [-0.05, 0) is 30.7 Å². The average Bonchev–Trinajstić information content (AvgIpc) is 2.85. The number of nitro benzene ring substituents is 1. The number of anilines is 1. The van der Waals surface area contributed by atoms with E-state index in [2.05, 4.69) is 5.32 Å². The zero-order valence-electron chi connectivity index (χ0n) is 10.5. The number of phenolic OH excluding ortho intramolecular Hbond substituents is 1. The van der Waals surface area contributed by atoms with Crippen molar-refractivity contribution in [3.05, 3.63) is 52.3 Å². The van der Waals surface area contributed by atoms with E-state index in [4.69, 9.17) is 0 Å². The van der Waals surface area contributed by atoms with Gasteiger partial charge in [0.25, 0.3) is 5.69 Å². The Morgan fingerprint density at radius 2 is 2.21 bits per heavy atom. The van der Waals surface area contributed by atoms with Crippen molar-refractivity contribution in [1.82, 2.24) is 4.57 Å². The van der Waals surface area contributed by atoms with Gasteiger partial charge in [-0.3, -0.25) is 10.1 Å². The minimum atomic E-state index is -0.515. The van der Waals surface area contributed by atoms with Crippen molar-refractivity contribution < 1.29 is 10.0 Å². The van der Waals surface area contributed by atoms with E-state index in [-0.39, 0.29) is 11.4 Å². The number of rotatable bonds is 5. The van der Waals surface area contributed by atoms with Crippen LogP contribution >= 0.6 is 0 Å². The van der Waals surface area contributed by atoms with Crippen LogP contribution in [0.5, 0.6) is 5.75 Å². The van der Waals surface area contributed by atoms with Crippen LogP contribution in [-0.2, 0) is 13.1 Å². The first kappa shape index (κ1) is 12.9. The van der Waals surface area contributed by atoms with E-state index in [1.54, 1.807) is 0 Å². The number of benzene rings is 1. The molecule has 0 bridgehead atoms. The molecule has 0 saturated heterocycles. The predicted molar refractivity (Wildman–Crippen MR) is 72.2 cm³/mol. The number of phenols is 1. The average molecular weight is 261 g/mol. The molecule has 1 aromatic carbocycles. The van der Waals surface area contributed by atoms with Crippen LogP contribution < -0.4 is 5.32 Å². The Bertz CT molecular complexity index is 593. The van der Waals surface area contributed by atoms with E-state index in [9.17, 15) is 15.2 Å². The highest BCUT2D eigenvalue weighted by atomic mass is 16.6. The van der Waals surface area contributed by atoms with Gasteiger partial charge in [0, 0.05) is 25.5 Å². The molecular formula is C13H15N3O3. The molecule has 19 heavy (non-hydrogen) atoms. The lowest BCUT2D eigenvalue weighted by Crippen LogP contribution is -2.02. The van der Waals surface area contributed by atoms with Crippen molar-refractivity contribution in [3.8, 4) is 5.75 Å². The summed E-state index contributed by atoms with van der Waals surface area (Å²) in [5, 5.41) is 23.2. The lowest BCUT2D eigenvalue weighted by Gasteiger charge is -2.06. The van der Waals surface area contributed by atoms with Crippen LogP contribution in [-0.4, -0.2) is 14.6 Å². The van der Waals surface area contributed by atoms with Crippen LogP contribution in [0.2, 0.25) is 0 Å². The second-order valence-corrected chi connectivity index (χ2v) is 4.16. The van der Waals surface area contributed by atoms with Gasteiger partial charge in [0.05, 0.1) is 11.0 Å². The van der Waals surface area contributed by atoms with Crippen molar-refractivity contribution in [2.24, 2.45) is 0 Å². The maximum atomic E-state index is 10.9. The third-order valence-electron chi connectivity index (χ3n) is 2.84. The Morgan fingerprint density at radius 1 is 1.42 bits per heavy atom. The smallest absolute Gasteiger partial charge is 0.296 e. The lowest BCUT2D eigenvalue weighted by molar-refractivity contribution is -0.384. The Balaban J connectivity index is 2.12. The van der Waals surface area contributed by atoms with Gasteiger partial charge in [-0.15, -0.1) is 0 Å². The zero-order chi connectivity index (χ0) is 13.8. The van der Waals surface area contributed by atoms with Gasteiger partial charge in [-0.1, -0.05) is 0 Å². The Labute approximate surface area is 110 Å². The zero-order valence-corrected chi connectivity index (χ0v) is 10.5. The molecular weight excluding hydrogens is 246 g/mol. The minimum absolute atomic E-state index is 0.116. The van der Waals surface area contributed by atoms with E-state index in [0.717, 1.165) is 18.2 Å². The third kappa shape index (κ3) is 3.04. The van der Waals surface area contributed by atoms with E-state index in [0.29, 0.717) is 12.2 Å². The number of hydrogen-bond donors (Lipinski definition) is 2. The highest BCUT2D eigenvalue weighted by Crippen LogP contribution is 2.28. The van der Waals surface area contributed by atoms with E-state index >= 15 is 0 Å². The van der Waals surface area contributed by atoms with E-state index in [1.807, 2.05) is 30.0 Å². The van der Waals surface area contributed by atoms with Crippen LogP contribution in [0.3, 0.4) is 0 Å². The summed E-state index contributed by atoms with van der Waals surface area (Å²) in [6.45, 7) is 3.43. The highest BCUT2D eigenvalue weighted by Gasteiger charge is 2.14. The largest absolute Gasteiger partial charge is 0.508 e. The Hall–Kier alpha value is -2.50. The molecule has 2 aromatic rings. The second-order valence-electron chi connectivity index (χ2n) is 4.16. The van der Waals surface area contributed by atoms with Crippen molar-refractivity contribution in [1.29, 1.82) is 0 Å². The molecule has 2 rings (SSSR count). The van der Waals surface area contributed by atoms with Gasteiger partial charge in [-0.25, -0.2) is 0 Å². The fourth-order valence-electron chi connectivity index (χ4n) is 1.81. The summed E-state index contributed by atoms with van der Waals surface area (Å²) in [5.74, 6) is -0.116. The topological polar surface area (TPSA) is 80.3 Å². The monoisotopic (exact) mass is 261 g/mol. The molecule has 0 aliphatic carbocycles. The third-order valence-corrected chi connectivity index (χ3v) is 2.84. The SMILES string of the molecule is CCn1ccc(CNc2ccc(O)cc2[N+](=O)[O-])c1. The quantitative estimate of drug-likeness (QED) is 0.492. The lowest BCUT2D eigenvalue weighted by atomic mass is 10.2. The number of aryl methyl sites for hydroxylation is 1. The molecule has 100 valence electrons. The molecule has 0 saturated carbocycles. The normalized spacial score (nSPS) is 10.4. The number of aromatic hydroxyl groups is 1. The van der Waals surface area contributed by atoms with Gasteiger partial charge < -0.3 is 15.0 Å². The maximum absolute atomic E-state index is 10.9. The Morgan fingerprint density at radius 3 is 2.84 bits per heavy atom. The first-order chi connectivity index (χ1) is 9.10. The van der Waals surface area contributed by atoms with Gasteiger partial charge >= 0.3 is 0 Å². The number of nitrogens with one attached hydrogen (secondary N) is 1. The van der Waals surface area contributed by atoms with Crippen LogP contribution in [0.1, 0.15) is 12.5 Å². The van der Waals surface area contributed by atoms with Crippen LogP contribution in [0.15, 0.2) is 36.7 Å². The molecule has 2 N–H and O–H groups in total. The predicted octanol–water partition coefficient (Wildman–Crippen LogP) is 2.73. The first-order valence-electron chi connectivity index (χ1n) is 5.96. The molecule has 6 heteroatoms. The molecule has 0 fully saturated rings. The molecule has 0 unspecified atom stereocenters. The number of nitro groups is 1. The molecule has 0 aliphatic heterocycles. The van der Waals surface area contributed by atoms with Crippen molar-refractivity contribution in [2.75, 3.05) is 5.32 Å². The van der Waals surface area contributed by atoms with Gasteiger partial charge in [-0.2, -0.15) is 0 Å². The van der Waals surface area contributed by atoms with E-state index in [1.165, 1.54) is 12.1 Å². The summed E-state index contributed by atoms with van der Waals surface area (Å²) in [6, 6.07) is 6.03. The standard InChI is InChI=1S/C13H15N3O3/c1-2-15-6-5-10(9-15)8-14-12-4-3-11(17)7-13(12)16(18)19/h3-7,9,14,17H,2,8H2,1H3. The maximum Gasteiger partial charge on any atom is 0.296 e. The number of nitrogens with zero attached hydrogens (tertiary/aromatic N) is 2. The van der Waals surface area contributed by atoms with Crippen molar-refractivity contribution >= 4 is 11.4 Å². The summed E-state index contributed by atoms with van der Waals surface area (Å²) >= 11 is 0. The molecule has 1 aromatic heterocycles. The molecule has 0 amide bonds. The fraction of sp³-hybridized carbons (Fsp3) is 0.231. The Kier molecular flexibility index (Phi) is 3.70. The second kappa shape index (κ2) is 5.43. The molecule has 0 radical (unpaired) electrons. The van der Waals surface area contributed by atoms with Crippen LogP contribution in [0.4, 0.5) is 11.4 Å². The van der Waals surface area contributed by atoms with Gasteiger partial charge in [0.15, 0.2) is 0 Å². The van der Waals surface area contributed by atoms with Crippen molar-refractivity contribution in [3.63, 3.8) is 0 Å². The van der Waals surface area contributed by atoms with E-state index < -0.39 is 4.92 Å². The minimum Gasteiger partial charge on any atom is -0.508 e. The molecule has 0 aliphatic rings. The van der Waals surface area contributed by atoms with Gasteiger partial charge in [0.2, 0.25) is 0 Å². The van der Waals surface area contributed by atoms with Crippen molar-refractivity contribution in [2.45, 2.75) is 20.0 Å². The first-order valence-corrected chi connectivity index (χ1v) is 5.96. The summed E-state index contributed by atoms with van der Waals surface area (Å²) < 4.78 is 2.03. The summed E-state index contributed by atoms with van der Waals surface area (Å²) in [5.41, 5.74) is 1.31. The summed E-state index contributed by atoms with van der Waals surface area (Å²) in [4.78, 5) is 10.4. The molecule has 0 atom stereocenters. The molecule has 6 nitrogen and oxygen atoms in total. The van der Waals surface area contributed by atoms with Crippen LogP contribution in [0, 0.1) is 10.1 Å². The number of aromatic nitrogens is 1. The fourth-order valence-corrected chi connectivity index (χ4v) is 1.81. The summed E-state index contributed by atoms with van der Waals surface area (Å²) in [6.07, 6.45) is 3.95. The van der Waals surface area contributed by atoms with Gasteiger partial charge in [0.1, 0.15) is 11.4 Å².